The molecule has 0 radical (unpaired) electrons. The Morgan fingerprint density at radius 1 is 0.933 bits per heavy atom. The zero-order valence-corrected chi connectivity index (χ0v) is 16.9. The molecule has 5 aromatic rings. The average Bonchev–Trinajstić information content (AvgIpc) is 3.17. The zero-order chi connectivity index (χ0) is 20.7. The fourth-order valence-corrected chi connectivity index (χ4v) is 3.81. The number of aryl methyl sites for hydroxylation is 1. The Kier molecular flexibility index (Phi) is 4.49. The lowest BCUT2D eigenvalue weighted by Gasteiger charge is -2.09. The van der Waals surface area contributed by atoms with E-state index < -0.39 is 0 Å². The van der Waals surface area contributed by atoms with Crippen LogP contribution in [0.2, 0.25) is 5.02 Å². The maximum absolute atomic E-state index is 12.9. The number of halogens is 1. The second-order valence-electron chi connectivity index (χ2n) is 7.17. The first-order chi connectivity index (χ1) is 14.6. The second-order valence-corrected chi connectivity index (χ2v) is 7.57. The molecule has 0 saturated carbocycles. The van der Waals surface area contributed by atoms with E-state index in [0.29, 0.717) is 33.3 Å². The first-order valence-electron chi connectivity index (χ1n) is 9.55. The van der Waals surface area contributed by atoms with Crippen LogP contribution in [-0.2, 0) is 0 Å². The van der Waals surface area contributed by atoms with Crippen LogP contribution in [0.3, 0.4) is 0 Å². The highest BCUT2D eigenvalue weighted by Gasteiger charge is 2.13. The molecule has 1 aromatic heterocycles. The van der Waals surface area contributed by atoms with Gasteiger partial charge < -0.3 is 9.73 Å². The molecule has 0 atom stereocenters. The van der Waals surface area contributed by atoms with Gasteiger partial charge in [-0.25, -0.2) is 4.98 Å². The summed E-state index contributed by atoms with van der Waals surface area (Å²) in [6.45, 7) is 2.03. The van der Waals surface area contributed by atoms with Crippen molar-refractivity contribution in [2.24, 2.45) is 0 Å². The molecule has 0 bridgehead atoms. The van der Waals surface area contributed by atoms with Crippen LogP contribution in [0.15, 0.2) is 83.3 Å². The summed E-state index contributed by atoms with van der Waals surface area (Å²) >= 11 is 6.27. The first-order valence-corrected chi connectivity index (χ1v) is 9.92. The van der Waals surface area contributed by atoms with Gasteiger partial charge in [0, 0.05) is 27.2 Å². The predicted octanol–water partition coefficient (Wildman–Crippen LogP) is 6.86. The highest BCUT2D eigenvalue weighted by atomic mass is 35.5. The average molecular weight is 413 g/mol. The van der Waals surface area contributed by atoms with E-state index in [1.54, 1.807) is 6.07 Å². The van der Waals surface area contributed by atoms with Crippen molar-refractivity contribution >= 4 is 45.1 Å². The number of hydrogen-bond acceptors (Lipinski definition) is 3. The fourth-order valence-electron chi connectivity index (χ4n) is 3.57. The van der Waals surface area contributed by atoms with Gasteiger partial charge in [-0.05, 0) is 54.8 Å². The number of rotatable bonds is 3. The van der Waals surface area contributed by atoms with Gasteiger partial charge in [0.15, 0.2) is 5.58 Å². The Morgan fingerprint density at radius 2 is 1.73 bits per heavy atom. The maximum Gasteiger partial charge on any atom is 0.256 e. The third-order valence-electron chi connectivity index (χ3n) is 5.02. The SMILES string of the molecule is Cc1cccc(-c2nc3cc(NC(=O)c4cccc5c(Cl)cccc45)ccc3o2)c1. The molecule has 0 spiro atoms. The molecule has 0 unspecified atom stereocenters. The Balaban J connectivity index is 1.47. The van der Waals surface area contributed by atoms with Crippen LogP contribution < -0.4 is 5.32 Å². The lowest BCUT2D eigenvalue weighted by molar-refractivity contribution is 0.102. The molecule has 1 N–H and O–H groups in total. The maximum atomic E-state index is 12.9. The Morgan fingerprint density at radius 3 is 2.60 bits per heavy atom. The van der Waals surface area contributed by atoms with Crippen LogP contribution in [0.25, 0.3) is 33.3 Å². The summed E-state index contributed by atoms with van der Waals surface area (Å²) in [7, 11) is 0. The number of carbonyl (C=O) groups is 1. The number of oxazole rings is 1. The predicted molar refractivity (Wildman–Crippen MR) is 121 cm³/mol. The normalized spacial score (nSPS) is 11.1. The number of carbonyl (C=O) groups excluding carboxylic acids is 1. The van der Waals surface area contributed by atoms with Crippen LogP contribution >= 0.6 is 11.6 Å². The molecule has 146 valence electrons. The number of amides is 1. The lowest BCUT2D eigenvalue weighted by Crippen LogP contribution is -2.12. The Hall–Kier alpha value is -3.63. The molecule has 0 aliphatic heterocycles. The summed E-state index contributed by atoms with van der Waals surface area (Å²) in [5.41, 5.74) is 4.63. The van der Waals surface area contributed by atoms with Crippen molar-refractivity contribution in [3.63, 3.8) is 0 Å². The molecule has 0 saturated heterocycles. The summed E-state index contributed by atoms with van der Waals surface area (Å²) in [5, 5.41) is 5.24. The van der Waals surface area contributed by atoms with E-state index in [2.05, 4.69) is 10.3 Å². The van der Waals surface area contributed by atoms with Crippen molar-refractivity contribution in [2.75, 3.05) is 5.32 Å². The zero-order valence-electron chi connectivity index (χ0n) is 16.1. The van der Waals surface area contributed by atoms with Crippen LogP contribution in [-0.4, -0.2) is 10.9 Å². The number of aromatic nitrogens is 1. The highest BCUT2D eigenvalue weighted by Crippen LogP contribution is 2.29. The van der Waals surface area contributed by atoms with Crippen LogP contribution in [0, 0.1) is 6.92 Å². The van der Waals surface area contributed by atoms with E-state index in [1.165, 1.54) is 0 Å². The molecule has 1 heterocycles. The van der Waals surface area contributed by atoms with E-state index >= 15 is 0 Å². The molecule has 0 aliphatic rings. The van der Waals surface area contributed by atoms with Gasteiger partial charge in [-0.3, -0.25) is 4.79 Å². The van der Waals surface area contributed by atoms with Gasteiger partial charge in [0.2, 0.25) is 5.89 Å². The Labute approximate surface area is 178 Å². The molecule has 1 amide bonds. The highest BCUT2D eigenvalue weighted by molar-refractivity contribution is 6.36. The minimum Gasteiger partial charge on any atom is -0.436 e. The molecule has 5 heteroatoms. The summed E-state index contributed by atoms with van der Waals surface area (Å²) in [6.07, 6.45) is 0. The van der Waals surface area contributed by atoms with E-state index in [9.17, 15) is 4.79 Å². The van der Waals surface area contributed by atoms with Crippen molar-refractivity contribution in [3.8, 4) is 11.5 Å². The van der Waals surface area contributed by atoms with Crippen molar-refractivity contribution < 1.29 is 9.21 Å². The van der Waals surface area contributed by atoms with Crippen molar-refractivity contribution in [3.05, 3.63) is 95.0 Å². The Bertz CT molecular complexity index is 1420. The van der Waals surface area contributed by atoms with Gasteiger partial charge in [-0.2, -0.15) is 0 Å². The minimum atomic E-state index is -0.204. The van der Waals surface area contributed by atoms with Gasteiger partial charge in [0.05, 0.1) is 0 Å². The number of fused-ring (bicyclic) bond motifs is 2. The number of benzene rings is 4. The third kappa shape index (κ3) is 3.31. The quantitative estimate of drug-likeness (QED) is 0.352. The van der Waals surface area contributed by atoms with Gasteiger partial charge in [-0.1, -0.05) is 53.6 Å². The third-order valence-corrected chi connectivity index (χ3v) is 5.35. The van der Waals surface area contributed by atoms with Crippen molar-refractivity contribution in [2.45, 2.75) is 6.92 Å². The molecule has 0 fully saturated rings. The van der Waals surface area contributed by atoms with Gasteiger partial charge >= 0.3 is 0 Å². The number of nitrogens with one attached hydrogen (secondary N) is 1. The number of anilines is 1. The van der Waals surface area contributed by atoms with Gasteiger partial charge in [-0.15, -0.1) is 0 Å². The standard InChI is InChI=1S/C25H17ClN2O2/c1-15-5-2-6-16(13-15)25-28-22-14-17(11-12-23(22)30-25)27-24(29)20-9-3-8-19-18(20)7-4-10-21(19)26/h2-14H,1H3,(H,27,29). The van der Waals surface area contributed by atoms with Crippen LogP contribution in [0.5, 0.6) is 0 Å². The summed E-state index contributed by atoms with van der Waals surface area (Å²) in [4.78, 5) is 17.5. The number of hydrogen-bond donors (Lipinski definition) is 1. The summed E-state index contributed by atoms with van der Waals surface area (Å²) in [5.74, 6) is 0.352. The topological polar surface area (TPSA) is 55.1 Å². The first kappa shape index (κ1) is 18.4. The monoisotopic (exact) mass is 412 g/mol. The molecule has 0 aliphatic carbocycles. The van der Waals surface area contributed by atoms with E-state index in [4.69, 9.17) is 16.0 Å². The molecular formula is C25H17ClN2O2. The number of nitrogens with zero attached hydrogens (tertiary/aromatic N) is 1. The largest absolute Gasteiger partial charge is 0.436 e. The molecule has 4 aromatic carbocycles. The van der Waals surface area contributed by atoms with Crippen LogP contribution in [0.4, 0.5) is 5.69 Å². The fraction of sp³-hybridized carbons (Fsp3) is 0.0400. The molecule has 4 nitrogen and oxygen atoms in total. The molecule has 5 rings (SSSR count). The summed E-state index contributed by atoms with van der Waals surface area (Å²) < 4.78 is 5.89. The minimum absolute atomic E-state index is 0.204. The van der Waals surface area contributed by atoms with Crippen LogP contribution in [0.1, 0.15) is 15.9 Å². The smallest absolute Gasteiger partial charge is 0.256 e. The van der Waals surface area contributed by atoms with E-state index in [-0.39, 0.29) is 5.91 Å². The molecular weight excluding hydrogens is 396 g/mol. The van der Waals surface area contributed by atoms with Crippen molar-refractivity contribution in [1.82, 2.24) is 4.98 Å². The van der Waals surface area contributed by atoms with Gasteiger partial charge in [0.25, 0.3) is 5.91 Å². The second kappa shape index (κ2) is 7.32. The van der Waals surface area contributed by atoms with E-state index in [1.807, 2.05) is 79.7 Å². The lowest BCUT2D eigenvalue weighted by atomic mass is 10.0. The summed E-state index contributed by atoms with van der Waals surface area (Å²) in [6, 6.07) is 24.5. The molecule has 30 heavy (non-hydrogen) atoms. The van der Waals surface area contributed by atoms with Gasteiger partial charge in [0.1, 0.15) is 5.52 Å². The van der Waals surface area contributed by atoms with E-state index in [0.717, 1.165) is 21.9 Å². The van der Waals surface area contributed by atoms with Crippen molar-refractivity contribution in [1.29, 1.82) is 0 Å².